The van der Waals surface area contributed by atoms with Gasteiger partial charge in [0.1, 0.15) is 0 Å². The molecule has 0 saturated heterocycles. The molecule has 0 radical (unpaired) electrons. The van der Waals surface area contributed by atoms with Gasteiger partial charge in [0.2, 0.25) is 0 Å². The third kappa shape index (κ3) is 5.61. The Hall–Kier alpha value is -0.570. The first kappa shape index (κ1) is 18.5. The van der Waals surface area contributed by atoms with Gasteiger partial charge in [-0.2, -0.15) is 0 Å². The van der Waals surface area contributed by atoms with Gasteiger partial charge < -0.3 is 5.73 Å². The molecular formula is C18H31ClN2. The second kappa shape index (κ2) is 9.45. The number of halogens is 1. The van der Waals surface area contributed by atoms with Crippen LogP contribution < -0.4 is 5.73 Å². The van der Waals surface area contributed by atoms with E-state index in [-0.39, 0.29) is 12.1 Å². The second-order valence-corrected chi connectivity index (χ2v) is 6.55. The molecule has 0 amide bonds. The maximum absolute atomic E-state index is 6.46. The van der Waals surface area contributed by atoms with Crippen LogP contribution in [0.5, 0.6) is 0 Å². The van der Waals surface area contributed by atoms with Crippen LogP contribution in [0, 0.1) is 0 Å². The maximum Gasteiger partial charge on any atom is 0.0502 e. The lowest BCUT2D eigenvalue weighted by atomic mass is 9.94. The highest BCUT2D eigenvalue weighted by molar-refractivity contribution is 6.30. The van der Waals surface area contributed by atoms with Gasteiger partial charge in [-0.3, -0.25) is 4.90 Å². The molecule has 0 aromatic heterocycles. The first-order valence-electron chi connectivity index (χ1n) is 8.28. The summed E-state index contributed by atoms with van der Waals surface area (Å²) in [5.41, 5.74) is 7.70. The third-order valence-electron chi connectivity index (χ3n) is 4.11. The van der Waals surface area contributed by atoms with E-state index in [0.717, 1.165) is 18.0 Å². The Kier molecular flexibility index (Phi) is 8.31. The summed E-state index contributed by atoms with van der Waals surface area (Å²) in [6, 6.07) is 9.02. The zero-order chi connectivity index (χ0) is 15.8. The number of nitrogens with zero attached hydrogens (tertiary/aromatic N) is 1. The summed E-state index contributed by atoms with van der Waals surface area (Å²) in [5, 5.41) is 0.790. The van der Waals surface area contributed by atoms with Gasteiger partial charge in [0.05, 0.1) is 6.04 Å². The van der Waals surface area contributed by atoms with Crippen LogP contribution in [0.1, 0.15) is 65.0 Å². The van der Waals surface area contributed by atoms with Crippen LogP contribution >= 0.6 is 11.6 Å². The van der Waals surface area contributed by atoms with Crippen molar-refractivity contribution in [1.29, 1.82) is 0 Å². The molecule has 21 heavy (non-hydrogen) atoms. The molecule has 0 heterocycles. The van der Waals surface area contributed by atoms with Crippen molar-refractivity contribution >= 4 is 11.6 Å². The van der Waals surface area contributed by atoms with Crippen LogP contribution in [-0.2, 0) is 0 Å². The van der Waals surface area contributed by atoms with E-state index >= 15 is 0 Å². The number of hydrogen-bond acceptors (Lipinski definition) is 2. The van der Waals surface area contributed by atoms with Gasteiger partial charge in [0.25, 0.3) is 0 Å². The van der Waals surface area contributed by atoms with E-state index in [4.69, 9.17) is 17.3 Å². The molecular weight excluding hydrogens is 280 g/mol. The third-order valence-corrected chi connectivity index (χ3v) is 4.34. The molecule has 1 aromatic carbocycles. The molecule has 3 heteroatoms. The predicted molar refractivity (Wildman–Crippen MR) is 93.8 cm³/mol. The number of unbranched alkanes of at least 4 members (excludes halogenated alkanes) is 2. The van der Waals surface area contributed by atoms with Crippen LogP contribution in [0.2, 0.25) is 5.02 Å². The van der Waals surface area contributed by atoms with Gasteiger partial charge in [-0.25, -0.2) is 0 Å². The van der Waals surface area contributed by atoms with Crippen molar-refractivity contribution in [2.75, 3.05) is 6.54 Å². The molecule has 1 aromatic rings. The summed E-state index contributed by atoms with van der Waals surface area (Å²) < 4.78 is 0. The Labute approximate surface area is 135 Å². The number of hydrogen-bond donors (Lipinski definition) is 1. The van der Waals surface area contributed by atoms with Crippen molar-refractivity contribution in [2.24, 2.45) is 5.73 Å². The van der Waals surface area contributed by atoms with Crippen LogP contribution in [0.3, 0.4) is 0 Å². The van der Waals surface area contributed by atoms with Crippen molar-refractivity contribution in [3.05, 3.63) is 34.9 Å². The fourth-order valence-corrected chi connectivity index (χ4v) is 3.06. The molecule has 0 saturated carbocycles. The van der Waals surface area contributed by atoms with Crippen molar-refractivity contribution in [2.45, 2.75) is 71.5 Å². The molecule has 120 valence electrons. The SMILES string of the molecule is CCCCCN(C(C)C)C(c1cccc(Cl)c1)C(N)CC. The minimum Gasteiger partial charge on any atom is -0.326 e. The average molecular weight is 311 g/mol. The summed E-state index contributed by atoms with van der Waals surface area (Å²) >= 11 is 6.19. The molecule has 1 rings (SSSR count). The summed E-state index contributed by atoms with van der Waals surface area (Å²) in [6.45, 7) is 10.0. The molecule has 2 N–H and O–H groups in total. The Bertz CT molecular complexity index is 406. The molecule has 0 fully saturated rings. The highest BCUT2D eigenvalue weighted by Crippen LogP contribution is 2.29. The highest BCUT2D eigenvalue weighted by Gasteiger charge is 2.27. The molecule has 0 aliphatic heterocycles. The van der Waals surface area contributed by atoms with E-state index < -0.39 is 0 Å². The summed E-state index contributed by atoms with van der Waals surface area (Å²) in [4.78, 5) is 2.54. The monoisotopic (exact) mass is 310 g/mol. The van der Waals surface area contributed by atoms with Gasteiger partial charge in [-0.05, 0) is 50.9 Å². The molecule has 0 aliphatic carbocycles. The van der Waals surface area contributed by atoms with Gasteiger partial charge in [0.15, 0.2) is 0 Å². The van der Waals surface area contributed by atoms with E-state index in [0.29, 0.717) is 6.04 Å². The van der Waals surface area contributed by atoms with Gasteiger partial charge in [0, 0.05) is 17.1 Å². The summed E-state index contributed by atoms with van der Waals surface area (Å²) in [5.74, 6) is 0. The molecule has 0 bridgehead atoms. The highest BCUT2D eigenvalue weighted by atomic mass is 35.5. The first-order valence-corrected chi connectivity index (χ1v) is 8.65. The van der Waals surface area contributed by atoms with Gasteiger partial charge in [-0.1, -0.05) is 50.4 Å². The zero-order valence-corrected chi connectivity index (χ0v) is 14.7. The van der Waals surface area contributed by atoms with Crippen LogP contribution in [0.15, 0.2) is 24.3 Å². The second-order valence-electron chi connectivity index (χ2n) is 6.11. The van der Waals surface area contributed by atoms with Gasteiger partial charge in [-0.15, -0.1) is 0 Å². The normalized spacial score (nSPS) is 14.7. The molecule has 2 nitrogen and oxygen atoms in total. The molecule has 2 atom stereocenters. The average Bonchev–Trinajstić information content (AvgIpc) is 2.45. The van der Waals surface area contributed by atoms with Crippen molar-refractivity contribution in [3.8, 4) is 0 Å². The predicted octanol–water partition coefficient (Wildman–Crippen LogP) is 5.02. The molecule has 0 aliphatic rings. The number of rotatable bonds is 9. The molecule has 2 unspecified atom stereocenters. The van der Waals surface area contributed by atoms with Crippen LogP contribution in [0.25, 0.3) is 0 Å². The Morgan fingerprint density at radius 3 is 2.43 bits per heavy atom. The standard InChI is InChI=1S/C18H31ClN2/c1-5-7-8-12-21(14(3)4)18(17(20)6-2)15-10-9-11-16(19)13-15/h9-11,13-14,17-18H,5-8,12,20H2,1-4H3. The lowest BCUT2D eigenvalue weighted by molar-refractivity contribution is 0.127. The van der Waals surface area contributed by atoms with E-state index in [9.17, 15) is 0 Å². The minimum atomic E-state index is 0.132. The fraction of sp³-hybridized carbons (Fsp3) is 0.667. The Balaban J connectivity index is 3.02. The van der Waals surface area contributed by atoms with E-state index in [2.05, 4.69) is 44.7 Å². The number of benzene rings is 1. The van der Waals surface area contributed by atoms with Crippen molar-refractivity contribution < 1.29 is 0 Å². The summed E-state index contributed by atoms with van der Waals surface area (Å²) in [6.07, 6.45) is 4.71. The Morgan fingerprint density at radius 1 is 1.19 bits per heavy atom. The lowest BCUT2D eigenvalue weighted by Gasteiger charge is -2.38. The van der Waals surface area contributed by atoms with Crippen LogP contribution in [-0.4, -0.2) is 23.5 Å². The lowest BCUT2D eigenvalue weighted by Crippen LogP contribution is -2.44. The number of nitrogens with two attached hydrogens (primary N) is 1. The fourth-order valence-electron chi connectivity index (χ4n) is 2.86. The largest absolute Gasteiger partial charge is 0.326 e. The Morgan fingerprint density at radius 2 is 1.90 bits per heavy atom. The quantitative estimate of drug-likeness (QED) is 0.649. The van der Waals surface area contributed by atoms with Crippen LogP contribution in [0.4, 0.5) is 0 Å². The van der Waals surface area contributed by atoms with E-state index in [1.807, 2.05) is 12.1 Å². The summed E-state index contributed by atoms with van der Waals surface area (Å²) in [7, 11) is 0. The minimum absolute atomic E-state index is 0.132. The maximum atomic E-state index is 6.46. The smallest absolute Gasteiger partial charge is 0.0502 e. The molecule has 0 spiro atoms. The van der Waals surface area contributed by atoms with Crippen molar-refractivity contribution in [3.63, 3.8) is 0 Å². The van der Waals surface area contributed by atoms with E-state index in [1.54, 1.807) is 0 Å². The van der Waals surface area contributed by atoms with E-state index in [1.165, 1.54) is 24.8 Å². The first-order chi connectivity index (χ1) is 10.0. The van der Waals surface area contributed by atoms with Gasteiger partial charge >= 0.3 is 0 Å². The zero-order valence-electron chi connectivity index (χ0n) is 14.0. The topological polar surface area (TPSA) is 29.3 Å². The van der Waals surface area contributed by atoms with Crippen molar-refractivity contribution in [1.82, 2.24) is 4.90 Å².